The number of hydrogen-bond acceptors (Lipinski definition) is 5. The summed E-state index contributed by atoms with van der Waals surface area (Å²) in [4.78, 5) is 15.0. The van der Waals surface area contributed by atoms with Gasteiger partial charge in [0.1, 0.15) is 0 Å². The van der Waals surface area contributed by atoms with Crippen LogP contribution in [0.2, 0.25) is 0 Å². The van der Waals surface area contributed by atoms with E-state index >= 15 is 0 Å². The summed E-state index contributed by atoms with van der Waals surface area (Å²) >= 11 is 0. The third kappa shape index (κ3) is 6.15. The number of nitrogens with one attached hydrogen (secondary N) is 2. The smallest absolute Gasteiger partial charge is 0.251 e. The predicted octanol–water partition coefficient (Wildman–Crippen LogP) is 1.31. The van der Waals surface area contributed by atoms with Gasteiger partial charge in [-0.05, 0) is 31.0 Å². The number of nitrogens with zero attached hydrogens (tertiary/aromatic N) is 2. The van der Waals surface area contributed by atoms with Gasteiger partial charge in [0, 0.05) is 57.9 Å². The van der Waals surface area contributed by atoms with Crippen LogP contribution in [-0.4, -0.2) is 75.9 Å². The van der Waals surface area contributed by atoms with E-state index < -0.39 is 10.0 Å². The molecule has 1 amide bonds. The molecule has 0 atom stereocenters. The summed E-state index contributed by atoms with van der Waals surface area (Å²) in [5.74, 6) is -0.224. The standard InChI is InChI=1S/C19H30N4O3S.ClH/c24-19(21-10-15-22-13-8-20-9-14-22)17-6-5-7-18(16-17)27(25,26)23-11-3-1-2-4-12-23;/h5-7,16,20H,1-4,8-15H2,(H,21,24);1H. The monoisotopic (exact) mass is 430 g/mol. The van der Waals surface area contributed by atoms with Crippen molar-refractivity contribution in [3.05, 3.63) is 29.8 Å². The fourth-order valence-corrected chi connectivity index (χ4v) is 5.16. The summed E-state index contributed by atoms with van der Waals surface area (Å²) in [7, 11) is -3.54. The number of hydrogen-bond donors (Lipinski definition) is 2. The van der Waals surface area contributed by atoms with Crippen molar-refractivity contribution in [3.63, 3.8) is 0 Å². The van der Waals surface area contributed by atoms with E-state index in [1.807, 2.05) is 0 Å². The van der Waals surface area contributed by atoms with Crippen molar-refractivity contribution >= 4 is 28.3 Å². The van der Waals surface area contributed by atoms with Crippen molar-refractivity contribution in [1.29, 1.82) is 0 Å². The van der Waals surface area contributed by atoms with Crippen molar-refractivity contribution in [2.45, 2.75) is 30.6 Å². The first-order valence-corrected chi connectivity index (χ1v) is 11.3. The molecule has 0 bridgehead atoms. The Morgan fingerprint density at radius 2 is 1.71 bits per heavy atom. The first-order valence-electron chi connectivity index (χ1n) is 9.89. The highest BCUT2D eigenvalue weighted by atomic mass is 35.5. The van der Waals surface area contributed by atoms with Crippen LogP contribution in [0.15, 0.2) is 29.2 Å². The highest BCUT2D eigenvalue weighted by molar-refractivity contribution is 7.89. The molecule has 0 radical (unpaired) electrons. The molecule has 2 saturated heterocycles. The van der Waals surface area contributed by atoms with Gasteiger partial charge < -0.3 is 10.6 Å². The van der Waals surface area contributed by atoms with Gasteiger partial charge in [-0.15, -0.1) is 12.4 Å². The van der Waals surface area contributed by atoms with E-state index in [4.69, 9.17) is 0 Å². The van der Waals surface area contributed by atoms with Crippen LogP contribution in [0.4, 0.5) is 0 Å². The van der Waals surface area contributed by atoms with Crippen molar-refractivity contribution in [2.75, 3.05) is 52.4 Å². The topological polar surface area (TPSA) is 81.8 Å². The Morgan fingerprint density at radius 1 is 1.04 bits per heavy atom. The first kappa shape index (κ1) is 23.1. The second-order valence-electron chi connectivity index (χ2n) is 7.19. The zero-order valence-electron chi connectivity index (χ0n) is 16.2. The van der Waals surface area contributed by atoms with Crippen LogP contribution >= 0.6 is 12.4 Å². The summed E-state index contributed by atoms with van der Waals surface area (Å²) in [6.45, 7) is 6.40. The minimum absolute atomic E-state index is 0. The number of rotatable bonds is 6. The second-order valence-corrected chi connectivity index (χ2v) is 9.13. The Kier molecular flexibility index (Phi) is 9.17. The average molecular weight is 431 g/mol. The molecule has 9 heteroatoms. The van der Waals surface area contributed by atoms with Gasteiger partial charge in [0.15, 0.2) is 0 Å². The van der Waals surface area contributed by atoms with E-state index in [1.165, 1.54) is 6.07 Å². The SMILES string of the molecule is Cl.O=C(NCCN1CCNCC1)c1cccc(S(=O)(=O)N2CCCCCC2)c1. The molecule has 1 aromatic rings. The van der Waals surface area contributed by atoms with Gasteiger partial charge in [-0.2, -0.15) is 4.31 Å². The molecule has 1 aromatic carbocycles. The number of carbonyl (C=O) groups is 1. The molecule has 2 N–H and O–H groups in total. The molecule has 7 nitrogen and oxygen atoms in total. The van der Waals surface area contributed by atoms with Crippen LogP contribution in [0, 0.1) is 0 Å². The van der Waals surface area contributed by atoms with Gasteiger partial charge in [-0.1, -0.05) is 18.9 Å². The Bertz CT molecular complexity index is 730. The largest absolute Gasteiger partial charge is 0.351 e. The molecule has 2 aliphatic rings. The minimum Gasteiger partial charge on any atom is -0.351 e. The van der Waals surface area contributed by atoms with E-state index in [1.54, 1.807) is 22.5 Å². The number of benzene rings is 1. The normalized spacial score (nSPS) is 19.4. The summed E-state index contributed by atoms with van der Waals surface area (Å²) < 4.78 is 27.4. The molecule has 2 aliphatic heterocycles. The molecular formula is C19H31ClN4O3S. The minimum atomic E-state index is -3.54. The van der Waals surface area contributed by atoms with Crippen LogP contribution in [0.5, 0.6) is 0 Å². The second kappa shape index (κ2) is 11.1. The average Bonchev–Trinajstić information content (AvgIpc) is 2.99. The van der Waals surface area contributed by atoms with Gasteiger partial charge in [0.05, 0.1) is 4.90 Å². The third-order valence-corrected chi connectivity index (χ3v) is 7.12. The number of halogens is 1. The number of amides is 1. The number of carbonyl (C=O) groups excluding carboxylic acids is 1. The van der Waals surface area contributed by atoms with Gasteiger partial charge in [-0.3, -0.25) is 9.69 Å². The Labute approximate surface area is 174 Å². The quantitative estimate of drug-likeness (QED) is 0.711. The molecule has 0 aliphatic carbocycles. The lowest BCUT2D eigenvalue weighted by Gasteiger charge is -2.27. The van der Waals surface area contributed by atoms with E-state index in [2.05, 4.69) is 15.5 Å². The van der Waals surface area contributed by atoms with Crippen LogP contribution in [0.1, 0.15) is 36.0 Å². The molecule has 0 aromatic heterocycles. The van der Waals surface area contributed by atoms with Gasteiger partial charge in [0.2, 0.25) is 10.0 Å². The van der Waals surface area contributed by atoms with Crippen molar-refractivity contribution in [2.24, 2.45) is 0 Å². The highest BCUT2D eigenvalue weighted by Crippen LogP contribution is 2.21. The maximum Gasteiger partial charge on any atom is 0.251 e. The lowest BCUT2D eigenvalue weighted by Crippen LogP contribution is -2.46. The molecule has 0 unspecified atom stereocenters. The maximum atomic E-state index is 12.9. The van der Waals surface area contributed by atoms with E-state index in [0.29, 0.717) is 25.2 Å². The zero-order chi connectivity index (χ0) is 19.1. The van der Waals surface area contributed by atoms with Crippen LogP contribution in [-0.2, 0) is 10.0 Å². The Balaban J connectivity index is 0.00000280. The van der Waals surface area contributed by atoms with E-state index in [0.717, 1.165) is 58.4 Å². The van der Waals surface area contributed by atoms with E-state index in [-0.39, 0.29) is 23.2 Å². The van der Waals surface area contributed by atoms with Crippen molar-refractivity contribution < 1.29 is 13.2 Å². The molecule has 2 heterocycles. The molecule has 3 rings (SSSR count). The molecule has 0 saturated carbocycles. The maximum absolute atomic E-state index is 12.9. The van der Waals surface area contributed by atoms with Crippen molar-refractivity contribution in [3.8, 4) is 0 Å². The summed E-state index contributed by atoms with van der Waals surface area (Å²) in [6, 6.07) is 6.40. The Morgan fingerprint density at radius 3 is 2.39 bits per heavy atom. The van der Waals surface area contributed by atoms with Gasteiger partial charge in [0.25, 0.3) is 5.91 Å². The molecule has 28 heavy (non-hydrogen) atoms. The predicted molar refractivity (Wildman–Crippen MR) is 113 cm³/mol. The Hall–Kier alpha value is -1.19. The summed E-state index contributed by atoms with van der Waals surface area (Å²) in [6.07, 6.45) is 3.93. The lowest BCUT2D eigenvalue weighted by atomic mass is 10.2. The molecular weight excluding hydrogens is 400 g/mol. The number of sulfonamides is 1. The van der Waals surface area contributed by atoms with Crippen LogP contribution in [0.25, 0.3) is 0 Å². The molecule has 2 fully saturated rings. The number of piperazine rings is 1. The highest BCUT2D eigenvalue weighted by Gasteiger charge is 2.25. The molecule has 0 spiro atoms. The lowest BCUT2D eigenvalue weighted by molar-refractivity contribution is 0.0947. The fraction of sp³-hybridized carbons (Fsp3) is 0.632. The third-order valence-electron chi connectivity index (χ3n) is 5.22. The van der Waals surface area contributed by atoms with Crippen LogP contribution < -0.4 is 10.6 Å². The summed E-state index contributed by atoms with van der Waals surface area (Å²) in [5.41, 5.74) is 0.395. The van der Waals surface area contributed by atoms with Gasteiger partial charge >= 0.3 is 0 Å². The van der Waals surface area contributed by atoms with Crippen molar-refractivity contribution in [1.82, 2.24) is 19.8 Å². The first-order chi connectivity index (χ1) is 13.1. The zero-order valence-corrected chi connectivity index (χ0v) is 17.9. The van der Waals surface area contributed by atoms with E-state index in [9.17, 15) is 13.2 Å². The van der Waals surface area contributed by atoms with Crippen LogP contribution in [0.3, 0.4) is 0 Å². The molecule has 158 valence electrons. The summed E-state index contributed by atoms with van der Waals surface area (Å²) in [5, 5.41) is 6.21. The van der Waals surface area contributed by atoms with Gasteiger partial charge in [-0.25, -0.2) is 8.42 Å². The fourth-order valence-electron chi connectivity index (χ4n) is 3.59.